The molecule has 0 spiro atoms. The number of fused-ring (bicyclic) bond motifs is 1. The molecular weight excluding hydrogens is 393 g/mol. The number of amides is 1. The van der Waals surface area contributed by atoms with Crippen molar-refractivity contribution in [3.05, 3.63) is 75.4 Å². The molecule has 2 heterocycles. The molecule has 0 radical (unpaired) electrons. The number of halogens is 2. The van der Waals surface area contributed by atoms with Gasteiger partial charge in [0.15, 0.2) is 0 Å². The summed E-state index contributed by atoms with van der Waals surface area (Å²) in [5, 5.41) is 8.57. The van der Waals surface area contributed by atoms with Crippen molar-refractivity contribution >= 4 is 45.7 Å². The monoisotopic (exact) mass is 405 g/mol. The molecule has 1 atom stereocenters. The number of benzene rings is 2. The summed E-state index contributed by atoms with van der Waals surface area (Å²) in [7, 11) is -1.00. The molecule has 0 saturated carbocycles. The fourth-order valence-corrected chi connectivity index (χ4v) is 4.41. The van der Waals surface area contributed by atoms with Crippen molar-refractivity contribution in [1.29, 1.82) is 0 Å². The minimum Gasteiger partial charge on any atom is -0.306 e. The molecule has 3 aromatic rings. The molecule has 0 bridgehead atoms. The van der Waals surface area contributed by atoms with Crippen LogP contribution in [-0.4, -0.2) is 19.9 Å². The molecule has 132 valence electrons. The molecule has 26 heavy (non-hydrogen) atoms. The highest BCUT2D eigenvalue weighted by Gasteiger charge is 2.28. The van der Waals surface area contributed by atoms with E-state index in [2.05, 4.69) is 10.4 Å². The first kappa shape index (κ1) is 17.3. The van der Waals surface area contributed by atoms with Crippen LogP contribution >= 0.6 is 23.2 Å². The van der Waals surface area contributed by atoms with Gasteiger partial charge in [-0.25, -0.2) is 4.68 Å². The predicted octanol–water partition coefficient (Wildman–Crippen LogP) is 4.19. The first-order valence-corrected chi connectivity index (χ1v) is 10.0. The second kappa shape index (κ2) is 6.87. The SMILES string of the molecule is O=C(Nc1c2c(nn1-c1cccc(Cl)c1)CS(=O)C2)c1ccc(Cl)cc1. The Kier molecular flexibility index (Phi) is 4.56. The van der Waals surface area contributed by atoms with E-state index in [-0.39, 0.29) is 5.91 Å². The number of carbonyl (C=O) groups is 1. The van der Waals surface area contributed by atoms with E-state index in [9.17, 15) is 9.00 Å². The summed E-state index contributed by atoms with van der Waals surface area (Å²) in [6.07, 6.45) is 0. The summed E-state index contributed by atoms with van der Waals surface area (Å²) in [5.41, 5.74) is 2.73. The Morgan fingerprint density at radius 3 is 2.58 bits per heavy atom. The Labute approximate surface area is 162 Å². The summed E-state index contributed by atoms with van der Waals surface area (Å²) in [6, 6.07) is 13.8. The van der Waals surface area contributed by atoms with E-state index in [1.807, 2.05) is 12.1 Å². The fourth-order valence-electron chi connectivity index (χ4n) is 2.83. The Morgan fingerprint density at radius 2 is 1.85 bits per heavy atom. The quantitative estimate of drug-likeness (QED) is 0.710. The molecule has 0 saturated heterocycles. The molecule has 1 aromatic heterocycles. The van der Waals surface area contributed by atoms with Crippen LogP contribution in [-0.2, 0) is 22.3 Å². The molecule has 1 aliphatic rings. The summed E-state index contributed by atoms with van der Waals surface area (Å²) in [4.78, 5) is 12.7. The van der Waals surface area contributed by atoms with Crippen molar-refractivity contribution in [1.82, 2.24) is 9.78 Å². The van der Waals surface area contributed by atoms with Gasteiger partial charge in [0.05, 0.1) is 22.9 Å². The van der Waals surface area contributed by atoms with Crippen molar-refractivity contribution in [2.24, 2.45) is 0 Å². The molecule has 1 amide bonds. The van der Waals surface area contributed by atoms with Crippen molar-refractivity contribution in [3.63, 3.8) is 0 Å². The van der Waals surface area contributed by atoms with Gasteiger partial charge >= 0.3 is 0 Å². The second-order valence-electron chi connectivity index (χ2n) is 5.86. The van der Waals surface area contributed by atoms with E-state index in [0.29, 0.717) is 32.9 Å². The number of carbonyl (C=O) groups excluding carboxylic acids is 1. The minimum atomic E-state index is -1.00. The highest BCUT2D eigenvalue weighted by molar-refractivity contribution is 7.83. The summed E-state index contributed by atoms with van der Waals surface area (Å²) < 4.78 is 13.6. The number of hydrogen-bond acceptors (Lipinski definition) is 3. The minimum absolute atomic E-state index is 0.287. The lowest BCUT2D eigenvalue weighted by Crippen LogP contribution is -2.16. The lowest BCUT2D eigenvalue weighted by molar-refractivity contribution is 0.102. The molecule has 0 fully saturated rings. The van der Waals surface area contributed by atoms with E-state index < -0.39 is 10.8 Å². The summed E-state index contributed by atoms with van der Waals surface area (Å²) >= 11 is 12.0. The van der Waals surface area contributed by atoms with Gasteiger partial charge < -0.3 is 5.32 Å². The van der Waals surface area contributed by atoms with Crippen LogP contribution in [0.1, 0.15) is 21.6 Å². The van der Waals surface area contributed by atoms with Crippen molar-refractivity contribution in [2.45, 2.75) is 11.5 Å². The van der Waals surface area contributed by atoms with Crippen LogP contribution in [0.4, 0.5) is 5.82 Å². The number of aromatic nitrogens is 2. The van der Waals surface area contributed by atoms with Crippen LogP contribution in [0.5, 0.6) is 0 Å². The fraction of sp³-hybridized carbons (Fsp3) is 0.111. The molecule has 4 rings (SSSR count). The zero-order valence-corrected chi connectivity index (χ0v) is 15.7. The van der Waals surface area contributed by atoms with Gasteiger partial charge in [0.25, 0.3) is 5.91 Å². The maximum Gasteiger partial charge on any atom is 0.256 e. The van der Waals surface area contributed by atoms with Gasteiger partial charge in [-0.1, -0.05) is 29.3 Å². The Hall–Kier alpha value is -2.15. The largest absolute Gasteiger partial charge is 0.306 e. The molecular formula is C18H13Cl2N3O2S. The number of nitrogens with zero attached hydrogens (tertiary/aromatic N) is 2. The van der Waals surface area contributed by atoms with Crippen molar-refractivity contribution in [2.75, 3.05) is 5.32 Å². The van der Waals surface area contributed by atoms with E-state index in [1.165, 1.54) is 0 Å². The van der Waals surface area contributed by atoms with Gasteiger partial charge in [-0.3, -0.25) is 9.00 Å². The molecule has 1 aliphatic heterocycles. The first-order chi connectivity index (χ1) is 12.5. The van der Waals surface area contributed by atoms with Crippen LogP contribution in [0.2, 0.25) is 10.0 Å². The summed E-state index contributed by atoms with van der Waals surface area (Å²) in [6.45, 7) is 0. The highest BCUT2D eigenvalue weighted by Crippen LogP contribution is 2.32. The van der Waals surface area contributed by atoms with Crippen molar-refractivity contribution in [3.8, 4) is 5.69 Å². The van der Waals surface area contributed by atoms with Gasteiger partial charge in [-0.05, 0) is 42.5 Å². The third-order valence-electron chi connectivity index (χ3n) is 4.06. The maximum atomic E-state index is 12.7. The van der Waals surface area contributed by atoms with Crippen LogP contribution in [0.25, 0.3) is 5.69 Å². The van der Waals surface area contributed by atoms with Gasteiger partial charge in [0.1, 0.15) is 5.82 Å². The summed E-state index contributed by atoms with van der Waals surface area (Å²) in [5.74, 6) is 0.983. The molecule has 2 aromatic carbocycles. The first-order valence-electron chi connectivity index (χ1n) is 7.80. The van der Waals surface area contributed by atoms with Crippen LogP contribution in [0.15, 0.2) is 48.5 Å². The third-order valence-corrected chi connectivity index (χ3v) is 5.75. The van der Waals surface area contributed by atoms with E-state index >= 15 is 0 Å². The highest BCUT2D eigenvalue weighted by atomic mass is 35.5. The smallest absolute Gasteiger partial charge is 0.256 e. The normalized spacial score (nSPS) is 15.7. The molecule has 8 heteroatoms. The molecule has 5 nitrogen and oxygen atoms in total. The van der Waals surface area contributed by atoms with Crippen LogP contribution < -0.4 is 5.32 Å². The second-order valence-corrected chi connectivity index (χ2v) is 8.18. The number of anilines is 1. The molecule has 0 aliphatic carbocycles. The zero-order chi connectivity index (χ0) is 18.3. The van der Waals surface area contributed by atoms with Gasteiger partial charge in [0, 0.05) is 32.0 Å². The maximum absolute atomic E-state index is 12.7. The lowest BCUT2D eigenvalue weighted by Gasteiger charge is -2.11. The number of hydrogen-bond donors (Lipinski definition) is 1. The number of nitrogens with one attached hydrogen (secondary N) is 1. The van der Waals surface area contributed by atoms with E-state index in [4.69, 9.17) is 23.2 Å². The van der Waals surface area contributed by atoms with Crippen LogP contribution in [0, 0.1) is 0 Å². The van der Waals surface area contributed by atoms with Crippen LogP contribution in [0.3, 0.4) is 0 Å². The van der Waals surface area contributed by atoms with Gasteiger partial charge in [0.2, 0.25) is 0 Å². The lowest BCUT2D eigenvalue weighted by atomic mass is 10.2. The average Bonchev–Trinajstić information content (AvgIpc) is 3.12. The Morgan fingerprint density at radius 1 is 1.08 bits per heavy atom. The molecule has 1 unspecified atom stereocenters. The predicted molar refractivity (Wildman–Crippen MR) is 104 cm³/mol. The number of rotatable bonds is 3. The van der Waals surface area contributed by atoms with Crippen molar-refractivity contribution < 1.29 is 9.00 Å². The average molecular weight is 406 g/mol. The standard InChI is InChI=1S/C18H13Cl2N3O2S/c19-12-6-4-11(5-7-12)18(24)21-17-15-9-26(25)10-16(15)22-23(17)14-3-1-2-13(20)8-14/h1-8H,9-10H2,(H,21,24). The van der Waals surface area contributed by atoms with E-state index in [0.717, 1.165) is 16.9 Å². The Bertz CT molecular complexity index is 1030. The zero-order valence-electron chi connectivity index (χ0n) is 13.4. The molecule has 1 N–H and O–H groups in total. The topological polar surface area (TPSA) is 64.0 Å². The van der Waals surface area contributed by atoms with E-state index in [1.54, 1.807) is 41.1 Å². The van der Waals surface area contributed by atoms with Gasteiger partial charge in [-0.15, -0.1) is 0 Å². The third kappa shape index (κ3) is 3.28. The van der Waals surface area contributed by atoms with Gasteiger partial charge in [-0.2, -0.15) is 5.10 Å². The Balaban J connectivity index is 1.75.